The molecule has 1 rings (SSSR count). The zero-order valence-corrected chi connectivity index (χ0v) is 11.1. The van der Waals surface area contributed by atoms with Crippen LogP contribution in [0.5, 0.6) is 5.75 Å². The molecular weight excluding hydrogens is 244 g/mol. The van der Waals surface area contributed by atoms with Gasteiger partial charge in [0.05, 0.1) is 26.0 Å². The number of carbonyl (C=O) groups excluding carboxylic acids is 1. The summed E-state index contributed by atoms with van der Waals surface area (Å²) in [5.41, 5.74) is 6.70. The molecular formula is C14H20N2O3. The van der Waals surface area contributed by atoms with E-state index in [0.717, 1.165) is 6.42 Å². The van der Waals surface area contributed by atoms with E-state index in [1.807, 2.05) is 0 Å². The molecule has 0 unspecified atom stereocenters. The highest BCUT2D eigenvalue weighted by Crippen LogP contribution is 2.21. The smallest absolute Gasteiger partial charge is 0.251 e. The Bertz CT molecular complexity index is 433. The van der Waals surface area contributed by atoms with E-state index in [1.165, 1.54) is 7.11 Å². The summed E-state index contributed by atoms with van der Waals surface area (Å²) in [7, 11) is 1.51. The molecule has 0 spiro atoms. The number of carbonyl (C=O) groups is 1. The fourth-order valence-corrected chi connectivity index (χ4v) is 1.46. The minimum Gasteiger partial charge on any atom is -0.495 e. The van der Waals surface area contributed by atoms with Crippen molar-refractivity contribution in [2.45, 2.75) is 6.42 Å². The van der Waals surface area contributed by atoms with Gasteiger partial charge in [0.1, 0.15) is 5.75 Å². The third kappa shape index (κ3) is 5.01. The average Bonchev–Trinajstić information content (AvgIpc) is 2.43. The van der Waals surface area contributed by atoms with E-state index in [9.17, 15) is 4.79 Å². The predicted molar refractivity (Wildman–Crippen MR) is 75.4 cm³/mol. The Morgan fingerprint density at radius 2 is 2.26 bits per heavy atom. The Morgan fingerprint density at radius 3 is 2.95 bits per heavy atom. The maximum absolute atomic E-state index is 11.8. The standard InChI is InChI=1S/C14H20N2O3/c1-3-4-8-19-9-7-16-14(17)11-5-6-12(15)13(10-11)18-2/h3,5-6,10H,1,4,7-9,15H2,2H3,(H,16,17). The number of nitrogen functional groups attached to an aromatic ring is 1. The third-order valence-electron chi connectivity index (χ3n) is 2.49. The Balaban J connectivity index is 2.39. The predicted octanol–water partition coefficient (Wildman–Crippen LogP) is 1.60. The second kappa shape index (κ2) is 8.16. The summed E-state index contributed by atoms with van der Waals surface area (Å²) in [6.07, 6.45) is 2.60. The molecule has 1 aromatic carbocycles. The molecule has 0 aliphatic heterocycles. The van der Waals surface area contributed by atoms with Crippen molar-refractivity contribution in [3.05, 3.63) is 36.4 Å². The summed E-state index contributed by atoms with van der Waals surface area (Å²) in [6, 6.07) is 4.92. The van der Waals surface area contributed by atoms with E-state index in [2.05, 4.69) is 11.9 Å². The van der Waals surface area contributed by atoms with E-state index in [4.69, 9.17) is 15.2 Å². The lowest BCUT2D eigenvalue weighted by Gasteiger charge is -2.08. The van der Waals surface area contributed by atoms with E-state index in [0.29, 0.717) is 36.8 Å². The van der Waals surface area contributed by atoms with Crippen LogP contribution in [0.1, 0.15) is 16.8 Å². The van der Waals surface area contributed by atoms with Crippen molar-refractivity contribution >= 4 is 11.6 Å². The Labute approximate surface area is 113 Å². The van der Waals surface area contributed by atoms with Crippen LogP contribution in [0.25, 0.3) is 0 Å². The van der Waals surface area contributed by atoms with Crippen LogP contribution >= 0.6 is 0 Å². The van der Waals surface area contributed by atoms with Crippen molar-refractivity contribution in [3.8, 4) is 5.75 Å². The molecule has 0 atom stereocenters. The van der Waals surface area contributed by atoms with Crippen LogP contribution in [0.15, 0.2) is 30.9 Å². The van der Waals surface area contributed by atoms with Gasteiger partial charge in [-0.2, -0.15) is 0 Å². The topological polar surface area (TPSA) is 73.6 Å². The number of nitrogens with one attached hydrogen (secondary N) is 1. The summed E-state index contributed by atoms with van der Waals surface area (Å²) in [4.78, 5) is 11.8. The molecule has 19 heavy (non-hydrogen) atoms. The van der Waals surface area contributed by atoms with E-state index in [1.54, 1.807) is 24.3 Å². The van der Waals surface area contributed by atoms with Crippen molar-refractivity contribution in [1.82, 2.24) is 5.32 Å². The third-order valence-corrected chi connectivity index (χ3v) is 2.49. The van der Waals surface area contributed by atoms with Crippen molar-refractivity contribution in [1.29, 1.82) is 0 Å². The van der Waals surface area contributed by atoms with Crippen molar-refractivity contribution in [3.63, 3.8) is 0 Å². The van der Waals surface area contributed by atoms with Crippen LogP contribution in [0.3, 0.4) is 0 Å². The second-order valence-corrected chi connectivity index (χ2v) is 3.90. The first-order chi connectivity index (χ1) is 9.19. The minimum atomic E-state index is -0.175. The summed E-state index contributed by atoms with van der Waals surface area (Å²) >= 11 is 0. The van der Waals surface area contributed by atoms with Crippen molar-refractivity contribution in [2.24, 2.45) is 0 Å². The van der Waals surface area contributed by atoms with Crippen LogP contribution in [-0.4, -0.2) is 32.8 Å². The molecule has 0 aliphatic carbocycles. The molecule has 104 valence electrons. The fraction of sp³-hybridized carbons (Fsp3) is 0.357. The molecule has 0 aromatic heterocycles. The van der Waals surface area contributed by atoms with E-state index >= 15 is 0 Å². The van der Waals surface area contributed by atoms with Crippen LogP contribution in [0.2, 0.25) is 0 Å². The first-order valence-corrected chi connectivity index (χ1v) is 6.09. The molecule has 1 amide bonds. The molecule has 1 aromatic rings. The number of benzene rings is 1. The maximum Gasteiger partial charge on any atom is 0.251 e. The summed E-state index contributed by atoms with van der Waals surface area (Å²) in [6.45, 7) is 5.16. The van der Waals surface area contributed by atoms with Gasteiger partial charge in [0.25, 0.3) is 5.91 Å². The number of anilines is 1. The molecule has 0 aliphatic rings. The zero-order valence-electron chi connectivity index (χ0n) is 11.1. The highest BCUT2D eigenvalue weighted by Gasteiger charge is 2.08. The highest BCUT2D eigenvalue weighted by molar-refractivity contribution is 5.95. The lowest BCUT2D eigenvalue weighted by atomic mass is 10.2. The van der Waals surface area contributed by atoms with Gasteiger partial charge in [-0.25, -0.2) is 0 Å². The normalized spacial score (nSPS) is 9.95. The molecule has 0 saturated heterocycles. The van der Waals surface area contributed by atoms with Crippen molar-refractivity contribution in [2.75, 3.05) is 32.6 Å². The Morgan fingerprint density at radius 1 is 1.47 bits per heavy atom. The monoisotopic (exact) mass is 264 g/mol. The van der Waals surface area contributed by atoms with Gasteiger partial charge in [0.2, 0.25) is 0 Å². The zero-order chi connectivity index (χ0) is 14.1. The molecule has 0 saturated carbocycles. The lowest BCUT2D eigenvalue weighted by Crippen LogP contribution is -2.27. The van der Waals surface area contributed by atoms with Crippen LogP contribution < -0.4 is 15.8 Å². The van der Waals surface area contributed by atoms with Crippen LogP contribution in [0.4, 0.5) is 5.69 Å². The molecule has 0 radical (unpaired) electrons. The summed E-state index contributed by atoms with van der Waals surface area (Å²) in [5, 5.41) is 2.76. The number of hydrogen-bond donors (Lipinski definition) is 2. The number of rotatable bonds is 8. The quantitative estimate of drug-likeness (QED) is 0.425. The van der Waals surface area contributed by atoms with Gasteiger partial charge in [-0.05, 0) is 24.6 Å². The fourth-order valence-electron chi connectivity index (χ4n) is 1.46. The van der Waals surface area contributed by atoms with Crippen LogP contribution in [0, 0.1) is 0 Å². The van der Waals surface area contributed by atoms with Gasteiger partial charge in [-0.15, -0.1) is 6.58 Å². The second-order valence-electron chi connectivity index (χ2n) is 3.90. The molecule has 0 fully saturated rings. The molecule has 5 heteroatoms. The van der Waals surface area contributed by atoms with Crippen molar-refractivity contribution < 1.29 is 14.3 Å². The van der Waals surface area contributed by atoms with Gasteiger partial charge in [0.15, 0.2) is 0 Å². The largest absolute Gasteiger partial charge is 0.495 e. The molecule has 0 heterocycles. The summed E-state index contributed by atoms with van der Waals surface area (Å²) < 4.78 is 10.4. The first kappa shape index (κ1) is 15.0. The van der Waals surface area contributed by atoms with E-state index < -0.39 is 0 Å². The van der Waals surface area contributed by atoms with Crippen LogP contribution in [-0.2, 0) is 4.74 Å². The molecule has 3 N–H and O–H groups in total. The number of ether oxygens (including phenoxy) is 2. The average molecular weight is 264 g/mol. The highest BCUT2D eigenvalue weighted by atomic mass is 16.5. The van der Waals surface area contributed by atoms with E-state index in [-0.39, 0.29) is 5.91 Å². The van der Waals surface area contributed by atoms with Gasteiger partial charge < -0.3 is 20.5 Å². The summed E-state index contributed by atoms with van der Waals surface area (Å²) in [5.74, 6) is 0.320. The Kier molecular flexibility index (Phi) is 6.46. The number of nitrogens with two attached hydrogens (primary N) is 1. The SMILES string of the molecule is C=CCCOCCNC(=O)c1ccc(N)c(OC)c1. The minimum absolute atomic E-state index is 0.175. The first-order valence-electron chi connectivity index (χ1n) is 6.09. The molecule has 0 bridgehead atoms. The maximum atomic E-state index is 11.8. The van der Waals surface area contributed by atoms with Gasteiger partial charge in [-0.1, -0.05) is 6.08 Å². The van der Waals surface area contributed by atoms with Gasteiger partial charge in [0, 0.05) is 12.1 Å². The number of hydrogen-bond acceptors (Lipinski definition) is 4. The van der Waals surface area contributed by atoms with Gasteiger partial charge >= 0.3 is 0 Å². The number of methoxy groups -OCH3 is 1. The number of amides is 1. The lowest BCUT2D eigenvalue weighted by molar-refractivity contribution is 0.0917. The Hall–Kier alpha value is -2.01. The van der Waals surface area contributed by atoms with Gasteiger partial charge in [-0.3, -0.25) is 4.79 Å². The molecule has 5 nitrogen and oxygen atoms in total.